The van der Waals surface area contributed by atoms with Crippen LogP contribution in [0.5, 0.6) is 5.75 Å². The summed E-state index contributed by atoms with van der Waals surface area (Å²) < 4.78 is 12.3. The van der Waals surface area contributed by atoms with Crippen LogP contribution in [0.3, 0.4) is 0 Å². The summed E-state index contributed by atoms with van der Waals surface area (Å²) in [6, 6.07) is 19.7. The van der Waals surface area contributed by atoms with Crippen molar-refractivity contribution in [2.75, 3.05) is 30.5 Å². The van der Waals surface area contributed by atoms with Gasteiger partial charge in [-0.25, -0.2) is 0 Å². The van der Waals surface area contributed by atoms with Crippen molar-refractivity contribution in [3.8, 4) is 5.75 Å². The molecule has 3 N–H and O–H groups in total. The summed E-state index contributed by atoms with van der Waals surface area (Å²) in [6.45, 7) is 7.38. The van der Waals surface area contributed by atoms with E-state index in [0.717, 1.165) is 35.9 Å². The molecule has 12 heteroatoms. The summed E-state index contributed by atoms with van der Waals surface area (Å²) in [5.74, 6) is 0.0197. The van der Waals surface area contributed by atoms with Crippen molar-refractivity contribution in [1.82, 2.24) is 5.32 Å². The predicted octanol–water partition coefficient (Wildman–Crippen LogP) is 4.44. The van der Waals surface area contributed by atoms with Gasteiger partial charge >= 0.3 is 0 Å². The molecule has 0 saturated carbocycles. The van der Waals surface area contributed by atoms with Crippen molar-refractivity contribution < 1.29 is 29.1 Å². The van der Waals surface area contributed by atoms with Gasteiger partial charge in [-0.05, 0) is 67.2 Å². The third-order valence-corrected chi connectivity index (χ3v) is 14.7. The van der Waals surface area contributed by atoms with Crippen LogP contribution < -0.4 is 25.5 Å². The third kappa shape index (κ3) is 5.73. The molecule has 1 spiro atoms. The lowest BCUT2D eigenvalue weighted by molar-refractivity contribution is -0.385. The van der Waals surface area contributed by atoms with Gasteiger partial charge in [0.15, 0.2) is 5.60 Å². The number of non-ortho nitro benzene ring substituents is 1. The Labute approximate surface area is 275 Å². The van der Waals surface area contributed by atoms with Crippen molar-refractivity contribution in [3.05, 3.63) is 88.0 Å². The van der Waals surface area contributed by atoms with Crippen LogP contribution in [0.25, 0.3) is 0 Å². The van der Waals surface area contributed by atoms with Gasteiger partial charge < -0.3 is 30.1 Å². The number of amides is 2. The quantitative estimate of drug-likeness (QED) is 0.165. The summed E-state index contributed by atoms with van der Waals surface area (Å²) >= 11 is 0. The fourth-order valence-electron chi connectivity index (χ4n) is 8.04. The number of anilines is 2. The first-order valence-corrected chi connectivity index (χ1v) is 19.3. The van der Waals surface area contributed by atoms with Crippen molar-refractivity contribution in [2.24, 2.45) is 5.92 Å². The lowest BCUT2D eigenvalue weighted by atomic mass is 9.82. The zero-order valence-corrected chi connectivity index (χ0v) is 28.2. The molecule has 3 aliphatic rings. The van der Waals surface area contributed by atoms with Crippen LogP contribution in [-0.4, -0.2) is 62.3 Å². The van der Waals surface area contributed by atoms with Crippen molar-refractivity contribution >= 4 is 42.1 Å². The number of nitrogens with one attached hydrogen (secondary N) is 2. The molecule has 3 aliphatic heterocycles. The Balaban J connectivity index is 1.38. The number of carbonyl (C=O) groups is 2. The van der Waals surface area contributed by atoms with E-state index in [-0.39, 0.29) is 48.2 Å². The molecule has 2 saturated heterocycles. The van der Waals surface area contributed by atoms with E-state index in [9.17, 15) is 24.8 Å². The fourth-order valence-corrected chi connectivity index (χ4v) is 12.1. The molecule has 2 fully saturated rings. The maximum absolute atomic E-state index is 14.9. The molecule has 47 heavy (non-hydrogen) atoms. The van der Waals surface area contributed by atoms with Gasteiger partial charge in [0.1, 0.15) is 5.75 Å². The Bertz CT molecular complexity index is 1680. The highest BCUT2D eigenvalue weighted by Crippen LogP contribution is 2.60. The zero-order chi connectivity index (χ0) is 33.5. The first-order valence-electron chi connectivity index (χ1n) is 16.2. The van der Waals surface area contributed by atoms with Gasteiger partial charge in [-0.3, -0.25) is 19.7 Å². The number of nitro groups is 1. The molecule has 3 heterocycles. The summed E-state index contributed by atoms with van der Waals surface area (Å²) in [4.78, 5) is 40.8. The van der Waals surface area contributed by atoms with E-state index >= 15 is 0 Å². The third-order valence-electron chi connectivity index (χ3n) is 10.4. The molecule has 0 aromatic heterocycles. The van der Waals surface area contributed by atoms with Gasteiger partial charge in [0, 0.05) is 35.9 Å². The minimum absolute atomic E-state index is 0.0914. The van der Waals surface area contributed by atoms with E-state index in [2.05, 4.69) is 35.9 Å². The number of rotatable bonds is 10. The highest BCUT2D eigenvalue weighted by molar-refractivity contribution is 6.91. The second kappa shape index (κ2) is 12.8. The number of aliphatic hydroxyl groups excluding tert-OH is 1. The second-order valence-electron chi connectivity index (χ2n) is 13.4. The summed E-state index contributed by atoms with van der Waals surface area (Å²) in [7, 11) is -0.773. The van der Waals surface area contributed by atoms with E-state index in [1.54, 1.807) is 18.1 Å². The number of nitro benzene ring substituents is 1. The molecular formula is C35H42N4O7Si. The van der Waals surface area contributed by atoms with E-state index in [0.29, 0.717) is 23.4 Å². The second-order valence-corrected chi connectivity index (χ2v) is 18.0. The molecule has 2 amide bonds. The van der Waals surface area contributed by atoms with Gasteiger partial charge in [0.2, 0.25) is 5.91 Å². The minimum Gasteiger partial charge on any atom is -0.497 e. The van der Waals surface area contributed by atoms with Gasteiger partial charge in [-0.15, -0.1) is 0 Å². The largest absolute Gasteiger partial charge is 0.497 e. The molecule has 5 atom stereocenters. The van der Waals surface area contributed by atoms with E-state index < -0.39 is 24.7 Å². The van der Waals surface area contributed by atoms with E-state index in [1.165, 1.54) is 12.1 Å². The highest BCUT2D eigenvalue weighted by Gasteiger charge is 2.66. The van der Waals surface area contributed by atoms with E-state index in [1.807, 2.05) is 43.3 Å². The summed E-state index contributed by atoms with van der Waals surface area (Å²) in [5, 5.41) is 29.5. The Morgan fingerprint density at radius 3 is 2.62 bits per heavy atom. The van der Waals surface area contributed by atoms with Gasteiger partial charge in [0.25, 0.3) is 11.6 Å². The van der Waals surface area contributed by atoms with Crippen LogP contribution in [0.2, 0.25) is 18.6 Å². The number of carbonyl (C=O) groups excluding carboxylic acids is 2. The average molecular weight is 659 g/mol. The molecule has 248 valence electrons. The number of ether oxygens (including phenoxy) is 2. The Hall–Kier alpha value is -4.10. The molecule has 6 rings (SSSR count). The topological polar surface area (TPSA) is 143 Å². The number of methoxy groups -OCH3 is 1. The minimum atomic E-state index is -2.40. The Morgan fingerprint density at radius 2 is 1.96 bits per heavy atom. The number of fused-ring (bicyclic) bond motifs is 2. The lowest BCUT2D eigenvalue weighted by Crippen LogP contribution is -2.51. The number of hydrogen-bond acceptors (Lipinski definition) is 8. The van der Waals surface area contributed by atoms with Crippen molar-refractivity contribution in [3.63, 3.8) is 0 Å². The number of aliphatic hydroxyl groups is 1. The monoisotopic (exact) mass is 658 g/mol. The molecule has 0 bridgehead atoms. The molecule has 11 nitrogen and oxygen atoms in total. The molecule has 3 aromatic rings. The normalized spacial score (nSPS) is 25.3. The maximum atomic E-state index is 14.9. The number of nitrogens with zero attached hydrogens (tertiary/aromatic N) is 2. The molecule has 0 radical (unpaired) electrons. The predicted molar refractivity (Wildman–Crippen MR) is 182 cm³/mol. The molecule has 0 aliphatic carbocycles. The average Bonchev–Trinajstić information content (AvgIpc) is 3.76. The zero-order valence-electron chi connectivity index (χ0n) is 27.2. The molecule has 0 unspecified atom stereocenters. The smallest absolute Gasteiger partial charge is 0.269 e. The van der Waals surface area contributed by atoms with Gasteiger partial charge in [-0.2, -0.15) is 0 Å². The van der Waals surface area contributed by atoms with Crippen LogP contribution >= 0.6 is 0 Å². The van der Waals surface area contributed by atoms with Crippen LogP contribution in [-0.2, 0) is 26.5 Å². The Kier molecular flexibility index (Phi) is 8.96. The van der Waals surface area contributed by atoms with Crippen molar-refractivity contribution in [1.29, 1.82) is 0 Å². The molecule has 3 aromatic carbocycles. The summed E-state index contributed by atoms with van der Waals surface area (Å²) in [6.07, 6.45) is 1.62. The van der Waals surface area contributed by atoms with Crippen LogP contribution in [0.1, 0.15) is 37.3 Å². The first-order chi connectivity index (χ1) is 22.5. The number of benzene rings is 3. The maximum Gasteiger partial charge on any atom is 0.269 e. The van der Waals surface area contributed by atoms with Crippen LogP contribution in [0, 0.1) is 16.0 Å². The summed E-state index contributed by atoms with van der Waals surface area (Å²) in [5.41, 5.74) is 0.777. The SMILES string of the molecule is COc1ccc([Si](C)(C)[C@H]2[C@H](CCO)O[C@@]3(C(=O)N(Cc4cccc(NC(=O)[C@H]5CCCN5)c4)c4ccc([N+](=O)[O-])cc43)[C@@H]2C)cc1. The standard InChI is InChI=1S/C35H42N4O7Si/c1-22-32(47(3,4)27-13-11-26(45-2)12-14-27)31(16-18-40)46-35(22)28-20-25(39(43)44)10-15-30(28)38(34(35)42)21-23-7-5-8-24(19-23)37-33(41)29-9-6-17-36-29/h5,7-8,10-15,19-20,22,29,31-32,36,40H,6,9,16-18,21H2,1-4H3,(H,37,41)/t22-,29-,31+,32-,35+/m1/s1. The lowest BCUT2D eigenvalue weighted by Gasteiger charge is -2.37. The Morgan fingerprint density at radius 1 is 1.19 bits per heavy atom. The molecular weight excluding hydrogens is 616 g/mol. The van der Waals surface area contributed by atoms with Crippen LogP contribution in [0.15, 0.2) is 66.7 Å². The number of hydrogen-bond donors (Lipinski definition) is 3. The first kappa shape index (κ1) is 32.8. The fraction of sp³-hybridized carbons (Fsp3) is 0.429. The van der Waals surface area contributed by atoms with Crippen LogP contribution in [0.4, 0.5) is 17.1 Å². The highest BCUT2D eigenvalue weighted by atomic mass is 28.3. The van der Waals surface area contributed by atoms with Crippen molar-refractivity contribution in [2.45, 2.75) is 69.1 Å². The van der Waals surface area contributed by atoms with E-state index in [4.69, 9.17) is 9.47 Å². The van der Waals surface area contributed by atoms with Gasteiger partial charge in [-0.1, -0.05) is 49.5 Å². The van der Waals surface area contributed by atoms with Gasteiger partial charge in [0.05, 0.1) is 44.5 Å².